The first-order chi connectivity index (χ1) is 6.91. The summed E-state index contributed by atoms with van der Waals surface area (Å²) in [4.78, 5) is 0. The highest BCUT2D eigenvalue weighted by Gasteiger charge is 1.83. The number of hydrogen-bond donors (Lipinski definition) is 0. The van der Waals surface area contributed by atoms with Crippen molar-refractivity contribution in [3.63, 3.8) is 0 Å². The molecule has 0 atom stereocenters. The molecule has 14 heavy (non-hydrogen) atoms. The summed E-state index contributed by atoms with van der Waals surface area (Å²) in [6, 6.07) is 0. The van der Waals surface area contributed by atoms with Gasteiger partial charge in [0.15, 0.2) is 0 Å². The fourth-order valence-corrected chi connectivity index (χ4v) is 1.23. The lowest BCUT2D eigenvalue weighted by atomic mass is 10.1. The van der Waals surface area contributed by atoms with Gasteiger partial charge < -0.3 is 0 Å². The van der Waals surface area contributed by atoms with Crippen molar-refractivity contribution in [3.8, 4) is 12.3 Å². The summed E-state index contributed by atoms with van der Waals surface area (Å²) in [5, 5.41) is 0. The maximum absolute atomic E-state index is 5.12. The molecular weight excluding hydrogens is 168 g/mol. The molecule has 0 unspecified atom stereocenters. The van der Waals surface area contributed by atoms with Gasteiger partial charge in [-0.25, -0.2) is 0 Å². The fraction of sp³-hybridized carbons (Fsp3) is 0.571. The molecular formula is C14H22. The molecule has 0 nitrogen and oxygen atoms in total. The Kier molecular flexibility index (Phi) is 11.2. The van der Waals surface area contributed by atoms with Crippen LogP contribution in [0.25, 0.3) is 0 Å². The Bertz CT molecular complexity index is 191. The van der Waals surface area contributed by atoms with Crippen molar-refractivity contribution < 1.29 is 0 Å². The predicted octanol–water partition coefficient (Wildman–Crippen LogP) is 4.48. The highest BCUT2D eigenvalue weighted by molar-refractivity contribution is 4.99. The summed E-state index contributed by atoms with van der Waals surface area (Å²) in [6.45, 7) is 2.24. The lowest BCUT2D eigenvalue weighted by Gasteiger charge is -1.93. The van der Waals surface area contributed by atoms with Gasteiger partial charge in [-0.3, -0.25) is 0 Å². The zero-order valence-electron chi connectivity index (χ0n) is 9.34. The average molecular weight is 190 g/mol. The third kappa shape index (κ3) is 11.0. The first kappa shape index (κ1) is 13.0. The molecule has 0 bridgehead atoms. The summed E-state index contributed by atoms with van der Waals surface area (Å²) in [5.41, 5.74) is 0. The molecule has 0 amide bonds. The van der Waals surface area contributed by atoms with Crippen LogP contribution in [0, 0.1) is 12.3 Å². The molecule has 0 fully saturated rings. The topological polar surface area (TPSA) is 0 Å². The van der Waals surface area contributed by atoms with Crippen molar-refractivity contribution in [2.75, 3.05) is 0 Å². The van der Waals surface area contributed by atoms with E-state index in [-0.39, 0.29) is 0 Å². The Morgan fingerprint density at radius 2 is 1.79 bits per heavy atom. The number of terminal acetylenes is 1. The van der Waals surface area contributed by atoms with Crippen molar-refractivity contribution in [3.05, 3.63) is 24.3 Å². The third-order valence-electron chi connectivity index (χ3n) is 2.07. The van der Waals surface area contributed by atoms with E-state index in [4.69, 9.17) is 6.42 Å². The quantitative estimate of drug-likeness (QED) is 0.301. The number of rotatable bonds is 8. The van der Waals surface area contributed by atoms with Crippen LogP contribution in [0.4, 0.5) is 0 Å². The molecule has 0 aromatic carbocycles. The molecule has 0 heterocycles. The molecule has 0 aromatic heterocycles. The van der Waals surface area contributed by atoms with E-state index >= 15 is 0 Å². The maximum atomic E-state index is 5.12. The Balaban J connectivity index is 3.16. The lowest BCUT2D eigenvalue weighted by molar-refractivity contribution is 0.674. The molecule has 0 radical (unpaired) electrons. The van der Waals surface area contributed by atoms with Crippen LogP contribution < -0.4 is 0 Å². The van der Waals surface area contributed by atoms with Gasteiger partial charge in [0.2, 0.25) is 0 Å². The minimum atomic E-state index is 0.754. The van der Waals surface area contributed by atoms with Gasteiger partial charge in [-0.2, -0.15) is 0 Å². The van der Waals surface area contributed by atoms with E-state index in [2.05, 4.69) is 31.1 Å². The van der Waals surface area contributed by atoms with E-state index in [0.29, 0.717) is 0 Å². The number of allylic oxidation sites excluding steroid dienone is 4. The SMILES string of the molecule is C#CCC=CCC=CCCCCCC. The Morgan fingerprint density at radius 1 is 1.00 bits per heavy atom. The van der Waals surface area contributed by atoms with Crippen molar-refractivity contribution in [2.24, 2.45) is 0 Å². The van der Waals surface area contributed by atoms with E-state index in [0.717, 1.165) is 12.8 Å². The monoisotopic (exact) mass is 190 g/mol. The summed E-state index contributed by atoms with van der Waals surface area (Å²) in [7, 11) is 0. The second-order valence-corrected chi connectivity index (χ2v) is 3.44. The predicted molar refractivity (Wildman–Crippen MR) is 65.1 cm³/mol. The summed E-state index contributed by atoms with van der Waals surface area (Å²) < 4.78 is 0. The molecule has 0 heteroatoms. The highest BCUT2D eigenvalue weighted by Crippen LogP contribution is 2.03. The molecule has 0 saturated heterocycles. The van der Waals surface area contributed by atoms with Crippen LogP contribution in [0.5, 0.6) is 0 Å². The smallest absolute Gasteiger partial charge is 0.0267 e. The second kappa shape index (κ2) is 12.0. The van der Waals surface area contributed by atoms with E-state index in [1.807, 2.05) is 6.08 Å². The molecule has 0 aliphatic heterocycles. The maximum Gasteiger partial charge on any atom is 0.0267 e. The highest BCUT2D eigenvalue weighted by atomic mass is 13.9. The number of hydrogen-bond acceptors (Lipinski definition) is 0. The molecule has 0 rings (SSSR count). The molecule has 0 aliphatic carbocycles. The summed E-state index contributed by atoms with van der Waals surface area (Å²) in [5.74, 6) is 2.58. The Labute approximate surface area is 89.1 Å². The van der Waals surface area contributed by atoms with Crippen LogP contribution in [0.2, 0.25) is 0 Å². The van der Waals surface area contributed by atoms with Crippen LogP contribution in [0.3, 0.4) is 0 Å². The molecule has 0 saturated carbocycles. The Morgan fingerprint density at radius 3 is 2.50 bits per heavy atom. The zero-order valence-corrected chi connectivity index (χ0v) is 9.34. The van der Waals surface area contributed by atoms with Gasteiger partial charge in [-0.05, 0) is 19.3 Å². The lowest BCUT2D eigenvalue weighted by Crippen LogP contribution is -1.73. The van der Waals surface area contributed by atoms with Crippen LogP contribution in [-0.2, 0) is 0 Å². The van der Waals surface area contributed by atoms with Crippen molar-refractivity contribution in [1.29, 1.82) is 0 Å². The van der Waals surface area contributed by atoms with Gasteiger partial charge in [0.05, 0.1) is 0 Å². The zero-order chi connectivity index (χ0) is 10.5. The van der Waals surface area contributed by atoms with Gasteiger partial charge in [-0.1, -0.05) is 50.5 Å². The van der Waals surface area contributed by atoms with E-state index in [1.54, 1.807) is 0 Å². The van der Waals surface area contributed by atoms with Gasteiger partial charge in [0, 0.05) is 6.42 Å². The van der Waals surface area contributed by atoms with E-state index in [9.17, 15) is 0 Å². The van der Waals surface area contributed by atoms with E-state index in [1.165, 1.54) is 32.1 Å². The minimum Gasteiger partial charge on any atom is -0.120 e. The molecule has 0 spiro atoms. The van der Waals surface area contributed by atoms with Crippen molar-refractivity contribution in [1.82, 2.24) is 0 Å². The second-order valence-electron chi connectivity index (χ2n) is 3.44. The summed E-state index contributed by atoms with van der Waals surface area (Å²) >= 11 is 0. The Hall–Kier alpha value is -0.960. The first-order valence-corrected chi connectivity index (χ1v) is 5.65. The standard InChI is InChI=1S/C14H22/c1-3-5-7-9-11-13-14-12-10-8-6-4-2/h1,7,9,13-14H,4-6,8,10-12H2,2H3. The molecule has 0 aliphatic rings. The average Bonchev–Trinajstić information content (AvgIpc) is 2.21. The van der Waals surface area contributed by atoms with Crippen molar-refractivity contribution >= 4 is 0 Å². The van der Waals surface area contributed by atoms with Crippen LogP contribution in [0.15, 0.2) is 24.3 Å². The van der Waals surface area contributed by atoms with Crippen molar-refractivity contribution in [2.45, 2.75) is 51.9 Å². The van der Waals surface area contributed by atoms with Gasteiger partial charge in [-0.15, -0.1) is 12.3 Å². The normalized spacial score (nSPS) is 11.1. The molecule has 78 valence electrons. The minimum absolute atomic E-state index is 0.754. The largest absolute Gasteiger partial charge is 0.120 e. The van der Waals surface area contributed by atoms with Gasteiger partial charge in [0.1, 0.15) is 0 Å². The molecule has 0 aromatic rings. The van der Waals surface area contributed by atoms with E-state index < -0.39 is 0 Å². The van der Waals surface area contributed by atoms with Gasteiger partial charge in [0.25, 0.3) is 0 Å². The fourth-order valence-electron chi connectivity index (χ4n) is 1.23. The van der Waals surface area contributed by atoms with Gasteiger partial charge >= 0.3 is 0 Å². The van der Waals surface area contributed by atoms with Crippen LogP contribution in [-0.4, -0.2) is 0 Å². The number of unbranched alkanes of at least 4 members (excludes halogenated alkanes) is 4. The summed E-state index contributed by atoms with van der Waals surface area (Å²) in [6.07, 6.45) is 22.2. The third-order valence-corrected chi connectivity index (χ3v) is 2.07. The van der Waals surface area contributed by atoms with Crippen LogP contribution >= 0.6 is 0 Å². The van der Waals surface area contributed by atoms with Crippen LogP contribution in [0.1, 0.15) is 51.9 Å². The first-order valence-electron chi connectivity index (χ1n) is 5.65. The molecule has 0 N–H and O–H groups in total.